The second-order valence-corrected chi connectivity index (χ2v) is 8.62. The Hall–Kier alpha value is -3.04. The molecule has 1 N–H and O–H groups in total. The molecule has 0 radical (unpaired) electrons. The molecule has 1 saturated heterocycles. The molecule has 1 amide bonds. The summed E-state index contributed by atoms with van der Waals surface area (Å²) in [7, 11) is 3.09. The van der Waals surface area contributed by atoms with Crippen molar-refractivity contribution in [1.29, 1.82) is 0 Å². The molecule has 3 rings (SSSR count). The quantitative estimate of drug-likeness (QED) is 0.432. The second-order valence-electron chi connectivity index (χ2n) is 6.94. The van der Waals surface area contributed by atoms with E-state index in [2.05, 4.69) is 0 Å². The second kappa shape index (κ2) is 10.5. The largest absolute Gasteiger partial charge is 0.497 e. The van der Waals surface area contributed by atoms with Crippen LogP contribution < -0.4 is 14.2 Å². The number of rotatable bonds is 9. The molecule has 0 saturated carbocycles. The Morgan fingerprint density at radius 1 is 1.16 bits per heavy atom. The Morgan fingerprint density at radius 3 is 2.50 bits per heavy atom. The van der Waals surface area contributed by atoms with E-state index in [-0.39, 0.29) is 5.91 Å². The van der Waals surface area contributed by atoms with E-state index in [9.17, 15) is 9.59 Å². The van der Waals surface area contributed by atoms with Crippen LogP contribution in [0.1, 0.15) is 18.1 Å². The molecule has 1 unspecified atom stereocenters. The molecule has 0 aromatic heterocycles. The van der Waals surface area contributed by atoms with E-state index in [1.165, 1.54) is 25.8 Å². The van der Waals surface area contributed by atoms with Crippen molar-refractivity contribution < 1.29 is 28.9 Å². The van der Waals surface area contributed by atoms with E-state index >= 15 is 0 Å². The average molecular weight is 474 g/mol. The van der Waals surface area contributed by atoms with Gasteiger partial charge in [-0.25, -0.2) is 4.79 Å². The first-order chi connectivity index (χ1) is 15.3. The first-order valence-electron chi connectivity index (χ1n) is 9.78. The van der Waals surface area contributed by atoms with Gasteiger partial charge in [0.25, 0.3) is 5.91 Å². The molecular weight excluding hydrogens is 450 g/mol. The number of carbonyl (C=O) groups excluding carboxylic acids is 1. The fourth-order valence-corrected chi connectivity index (χ4v) is 4.30. The van der Waals surface area contributed by atoms with Gasteiger partial charge in [0.2, 0.25) is 0 Å². The van der Waals surface area contributed by atoms with Crippen LogP contribution in [0.15, 0.2) is 47.4 Å². The number of thiocarbonyl (C=S) groups is 1. The Labute approximate surface area is 196 Å². The normalized spacial score (nSPS) is 15.7. The summed E-state index contributed by atoms with van der Waals surface area (Å²) in [5, 5.41) is 9.03. The lowest BCUT2D eigenvalue weighted by atomic mass is 10.1. The van der Waals surface area contributed by atoms with Gasteiger partial charge in [-0.15, -0.1) is 0 Å². The van der Waals surface area contributed by atoms with Crippen LogP contribution in [-0.4, -0.2) is 53.1 Å². The maximum Gasteiger partial charge on any atom is 0.344 e. The highest BCUT2D eigenvalue weighted by Crippen LogP contribution is 2.35. The summed E-state index contributed by atoms with van der Waals surface area (Å²) in [4.78, 5) is 26.0. The van der Waals surface area contributed by atoms with Crippen molar-refractivity contribution >= 4 is 46.3 Å². The number of nitrogens with zero attached hydrogens (tertiary/aromatic N) is 1. The summed E-state index contributed by atoms with van der Waals surface area (Å²) in [6.45, 7) is 1.92. The zero-order valence-corrected chi connectivity index (χ0v) is 19.5. The number of carboxylic acids is 1. The van der Waals surface area contributed by atoms with Gasteiger partial charge < -0.3 is 19.3 Å². The molecular formula is C23H23NO6S2. The number of ether oxygens (including phenoxy) is 3. The predicted molar refractivity (Wildman–Crippen MR) is 127 cm³/mol. The summed E-state index contributed by atoms with van der Waals surface area (Å²) in [5.41, 5.74) is 1.80. The number of carbonyl (C=O) groups is 2. The van der Waals surface area contributed by atoms with Gasteiger partial charge in [0, 0.05) is 6.54 Å². The first-order valence-corrected chi connectivity index (χ1v) is 11.0. The maximum atomic E-state index is 12.9. The third-order valence-corrected chi connectivity index (χ3v) is 6.17. The molecule has 168 valence electrons. The number of benzene rings is 2. The van der Waals surface area contributed by atoms with Gasteiger partial charge in [-0.3, -0.25) is 9.69 Å². The molecule has 1 atom stereocenters. The molecule has 2 aromatic rings. The topological polar surface area (TPSA) is 85.3 Å². The molecule has 1 aliphatic rings. The minimum absolute atomic E-state index is 0.146. The molecule has 0 aliphatic carbocycles. The summed E-state index contributed by atoms with van der Waals surface area (Å²) < 4.78 is 16.4. The highest BCUT2D eigenvalue weighted by molar-refractivity contribution is 8.26. The van der Waals surface area contributed by atoms with Gasteiger partial charge in [-0.2, -0.15) is 0 Å². The van der Waals surface area contributed by atoms with Crippen LogP contribution in [0, 0.1) is 0 Å². The summed E-state index contributed by atoms with van der Waals surface area (Å²) in [5.74, 6) is 0.252. The van der Waals surface area contributed by atoms with E-state index in [1.54, 1.807) is 36.3 Å². The van der Waals surface area contributed by atoms with Gasteiger partial charge in [0.1, 0.15) is 10.1 Å². The van der Waals surface area contributed by atoms with Gasteiger partial charge in [0.05, 0.1) is 19.1 Å². The van der Waals surface area contributed by atoms with Crippen molar-refractivity contribution in [3.63, 3.8) is 0 Å². The van der Waals surface area contributed by atoms with Crippen molar-refractivity contribution in [3.8, 4) is 17.2 Å². The van der Waals surface area contributed by atoms with Crippen LogP contribution in [0.2, 0.25) is 0 Å². The van der Waals surface area contributed by atoms with E-state index < -0.39 is 12.1 Å². The lowest BCUT2D eigenvalue weighted by Gasteiger charge is -2.15. The summed E-state index contributed by atoms with van der Waals surface area (Å²) >= 11 is 6.66. The van der Waals surface area contributed by atoms with Crippen LogP contribution in [0.5, 0.6) is 17.2 Å². The third kappa shape index (κ3) is 5.60. The maximum absolute atomic E-state index is 12.9. The molecule has 1 heterocycles. The lowest BCUT2D eigenvalue weighted by Crippen LogP contribution is -2.30. The van der Waals surface area contributed by atoms with Crippen molar-refractivity contribution in [3.05, 3.63) is 58.5 Å². The standard InChI is InChI=1S/C23H23NO6S2/c1-14(22(26)27)30-18-9-6-16(12-19(18)29-3)13-20-21(25)24(23(31)32-20)11-10-15-4-7-17(28-2)8-5-15/h4-9,12-14H,10-11H2,1-3H3,(H,26,27)/b20-13+. The number of carboxylic acid groups (broad SMARTS) is 1. The molecule has 0 spiro atoms. The number of amides is 1. The minimum atomic E-state index is -1.07. The fraction of sp³-hybridized carbons (Fsp3) is 0.261. The molecule has 7 nitrogen and oxygen atoms in total. The van der Waals surface area contributed by atoms with Crippen LogP contribution in [0.4, 0.5) is 0 Å². The zero-order valence-electron chi connectivity index (χ0n) is 17.9. The van der Waals surface area contributed by atoms with E-state index in [1.807, 2.05) is 24.3 Å². The Bertz CT molecular complexity index is 1050. The van der Waals surface area contributed by atoms with Crippen molar-refractivity contribution in [2.45, 2.75) is 19.4 Å². The predicted octanol–water partition coefficient (Wildman–Crippen LogP) is 4.00. The van der Waals surface area contributed by atoms with Crippen molar-refractivity contribution in [1.82, 2.24) is 4.90 Å². The van der Waals surface area contributed by atoms with Crippen molar-refractivity contribution in [2.75, 3.05) is 20.8 Å². The van der Waals surface area contributed by atoms with Crippen molar-refractivity contribution in [2.24, 2.45) is 0 Å². The molecule has 9 heteroatoms. The Kier molecular flexibility index (Phi) is 7.76. The van der Waals surface area contributed by atoms with Gasteiger partial charge in [-0.05, 0) is 54.8 Å². The number of hydrogen-bond acceptors (Lipinski definition) is 7. The highest BCUT2D eigenvalue weighted by atomic mass is 32.2. The van der Waals surface area contributed by atoms with E-state index in [4.69, 9.17) is 31.5 Å². The molecule has 1 fully saturated rings. The van der Waals surface area contributed by atoms with E-state index in [0.29, 0.717) is 39.3 Å². The summed E-state index contributed by atoms with van der Waals surface area (Å²) in [6, 6.07) is 12.7. The summed E-state index contributed by atoms with van der Waals surface area (Å²) in [6.07, 6.45) is 1.39. The van der Waals surface area contributed by atoms with Crippen LogP contribution >= 0.6 is 24.0 Å². The zero-order chi connectivity index (χ0) is 23.3. The minimum Gasteiger partial charge on any atom is -0.497 e. The number of aliphatic carboxylic acids is 1. The van der Waals surface area contributed by atoms with E-state index in [0.717, 1.165) is 11.3 Å². The Morgan fingerprint density at radius 2 is 1.88 bits per heavy atom. The highest BCUT2D eigenvalue weighted by Gasteiger charge is 2.31. The first kappa shape index (κ1) is 23.6. The van der Waals surface area contributed by atoms with Crippen LogP contribution in [-0.2, 0) is 16.0 Å². The van der Waals surface area contributed by atoms with Crippen LogP contribution in [0.3, 0.4) is 0 Å². The average Bonchev–Trinajstić information content (AvgIpc) is 3.05. The number of methoxy groups -OCH3 is 2. The van der Waals surface area contributed by atoms with Gasteiger partial charge in [-0.1, -0.05) is 42.2 Å². The molecule has 32 heavy (non-hydrogen) atoms. The smallest absolute Gasteiger partial charge is 0.344 e. The molecule has 2 aromatic carbocycles. The Balaban J connectivity index is 1.71. The fourth-order valence-electron chi connectivity index (χ4n) is 2.99. The van der Waals surface area contributed by atoms with Gasteiger partial charge >= 0.3 is 5.97 Å². The van der Waals surface area contributed by atoms with Crippen LogP contribution in [0.25, 0.3) is 6.08 Å². The van der Waals surface area contributed by atoms with Gasteiger partial charge in [0.15, 0.2) is 17.6 Å². The number of hydrogen-bond donors (Lipinski definition) is 1. The number of thioether (sulfide) groups is 1. The molecule has 0 bridgehead atoms. The third-order valence-electron chi connectivity index (χ3n) is 4.79. The SMILES string of the molecule is COc1ccc(CCN2C(=O)/C(=C\c3ccc(OC(C)C(=O)O)c(OC)c3)SC2=S)cc1. The monoisotopic (exact) mass is 473 g/mol. The molecule has 1 aliphatic heterocycles. The lowest BCUT2D eigenvalue weighted by molar-refractivity contribution is -0.144.